The highest BCUT2D eigenvalue weighted by atomic mass is 32.1. The van der Waals surface area contributed by atoms with E-state index in [2.05, 4.69) is 16.7 Å². The zero-order valence-corrected chi connectivity index (χ0v) is 13.5. The van der Waals surface area contributed by atoms with E-state index in [0.29, 0.717) is 6.42 Å². The van der Waals surface area contributed by atoms with Gasteiger partial charge in [-0.3, -0.25) is 0 Å². The molecule has 3 N–H and O–H groups in total. The number of thiophene rings is 1. The summed E-state index contributed by atoms with van der Waals surface area (Å²) in [5.74, 6) is 0. The quantitative estimate of drug-likeness (QED) is 0.735. The van der Waals surface area contributed by atoms with E-state index < -0.39 is 6.10 Å². The molecule has 2 aromatic rings. The molecule has 1 aromatic heterocycles. The van der Waals surface area contributed by atoms with Gasteiger partial charge in [0.25, 0.3) is 0 Å². The molecule has 2 unspecified atom stereocenters. The van der Waals surface area contributed by atoms with Gasteiger partial charge in [-0.05, 0) is 23.9 Å². The van der Waals surface area contributed by atoms with Crippen LogP contribution in [0.2, 0.25) is 0 Å². The highest BCUT2D eigenvalue weighted by molar-refractivity contribution is 7.09. The minimum Gasteiger partial charge on any atom is -0.391 e. The van der Waals surface area contributed by atoms with E-state index in [0.717, 1.165) is 12.0 Å². The fourth-order valence-corrected chi connectivity index (χ4v) is 3.06. The smallest absolute Gasteiger partial charge is 0.315 e. The Morgan fingerprint density at radius 3 is 2.64 bits per heavy atom. The van der Waals surface area contributed by atoms with E-state index >= 15 is 0 Å². The molecule has 1 aromatic carbocycles. The van der Waals surface area contributed by atoms with Gasteiger partial charge in [-0.1, -0.05) is 36.4 Å². The summed E-state index contributed by atoms with van der Waals surface area (Å²) in [7, 11) is 0. The second kappa shape index (κ2) is 8.56. The van der Waals surface area contributed by atoms with Gasteiger partial charge in [0.05, 0.1) is 6.10 Å². The number of aliphatic hydroxyl groups excluding tert-OH is 1. The molecule has 5 heteroatoms. The van der Waals surface area contributed by atoms with Crippen molar-refractivity contribution in [1.29, 1.82) is 0 Å². The van der Waals surface area contributed by atoms with E-state index in [1.807, 2.05) is 48.7 Å². The van der Waals surface area contributed by atoms with Crippen LogP contribution in [-0.4, -0.2) is 29.8 Å². The second-order valence-corrected chi connectivity index (χ2v) is 6.41. The van der Waals surface area contributed by atoms with Crippen molar-refractivity contribution in [2.24, 2.45) is 0 Å². The van der Waals surface area contributed by atoms with Crippen molar-refractivity contribution in [2.75, 3.05) is 6.54 Å². The lowest BCUT2D eigenvalue weighted by Crippen LogP contribution is -2.44. The first-order valence-corrected chi connectivity index (χ1v) is 8.30. The molecular weight excluding hydrogens is 296 g/mol. The van der Waals surface area contributed by atoms with Crippen LogP contribution in [0, 0.1) is 0 Å². The Kier molecular flexibility index (Phi) is 6.43. The van der Waals surface area contributed by atoms with Crippen LogP contribution in [0.1, 0.15) is 17.4 Å². The molecule has 22 heavy (non-hydrogen) atoms. The van der Waals surface area contributed by atoms with Crippen LogP contribution in [-0.2, 0) is 12.8 Å². The fraction of sp³-hybridized carbons (Fsp3) is 0.353. The van der Waals surface area contributed by atoms with Gasteiger partial charge in [-0.15, -0.1) is 11.3 Å². The molecule has 0 saturated carbocycles. The lowest BCUT2D eigenvalue weighted by molar-refractivity contribution is 0.170. The number of rotatable bonds is 7. The Morgan fingerprint density at radius 2 is 1.95 bits per heavy atom. The van der Waals surface area contributed by atoms with Gasteiger partial charge in [-0.25, -0.2) is 4.79 Å². The van der Waals surface area contributed by atoms with Crippen LogP contribution in [0.15, 0.2) is 47.8 Å². The molecule has 0 aliphatic carbocycles. The summed E-state index contributed by atoms with van der Waals surface area (Å²) in [6, 6.07) is 13.6. The van der Waals surface area contributed by atoms with Crippen LogP contribution in [0.4, 0.5) is 4.79 Å². The first-order chi connectivity index (χ1) is 10.6. The second-order valence-electron chi connectivity index (χ2n) is 5.38. The van der Waals surface area contributed by atoms with Crippen molar-refractivity contribution in [1.82, 2.24) is 10.6 Å². The van der Waals surface area contributed by atoms with Gasteiger partial charge < -0.3 is 15.7 Å². The van der Waals surface area contributed by atoms with Crippen LogP contribution >= 0.6 is 11.3 Å². The van der Waals surface area contributed by atoms with Crippen LogP contribution < -0.4 is 10.6 Å². The summed E-state index contributed by atoms with van der Waals surface area (Å²) in [6.45, 7) is 2.21. The minimum atomic E-state index is -0.583. The fourth-order valence-electron chi connectivity index (χ4n) is 2.23. The molecule has 0 aliphatic heterocycles. The molecule has 2 amide bonds. The Balaban J connectivity index is 1.66. The largest absolute Gasteiger partial charge is 0.391 e. The third-order valence-corrected chi connectivity index (χ3v) is 4.18. The number of aliphatic hydroxyl groups is 1. The third kappa shape index (κ3) is 5.87. The molecular formula is C17H22N2O2S. The number of carbonyl (C=O) groups excluding carboxylic acids is 1. The number of benzene rings is 1. The minimum absolute atomic E-state index is 0.0601. The monoisotopic (exact) mass is 318 g/mol. The van der Waals surface area contributed by atoms with Crippen molar-refractivity contribution >= 4 is 17.4 Å². The van der Waals surface area contributed by atoms with E-state index in [9.17, 15) is 9.90 Å². The van der Waals surface area contributed by atoms with Crippen molar-refractivity contribution in [2.45, 2.75) is 31.9 Å². The first kappa shape index (κ1) is 16.5. The summed E-state index contributed by atoms with van der Waals surface area (Å²) in [6.07, 6.45) is 0.768. The standard InChI is InChI=1S/C17H22N2O2S/c1-13(10-16-8-5-9-22-16)19-17(21)18-12-15(20)11-14-6-3-2-4-7-14/h2-9,13,15,20H,10-12H2,1H3,(H2,18,19,21). The molecule has 118 valence electrons. The molecule has 0 radical (unpaired) electrons. The zero-order chi connectivity index (χ0) is 15.8. The highest BCUT2D eigenvalue weighted by Crippen LogP contribution is 2.10. The Hall–Kier alpha value is -1.85. The van der Waals surface area contributed by atoms with Crippen LogP contribution in [0.25, 0.3) is 0 Å². The summed E-state index contributed by atoms with van der Waals surface area (Å²) >= 11 is 1.69. The Bertz CT molecular complexity index is 557. The van der Waals surface area contributed by atoms with Crippen molar-refractivity contribution in [3.05, 3.63) is 58.3 Å². The predicted molar refractivity (Wildman–Crippen MR) is 90.2 cm³/mol. The summed E-state index contributed by atoms with van der Waals surface area (Å²) in [5, 5.41) is 17.6. The maximum atomic E-state index is 11.8. The molecule has 4 nitrogen and oxygen atoms in total. The maximum Gasteiger partial charge on any atom is 0.315 e. The normalized spacial score (nSPS) is 13.4. The van der Waals surface area contributed by atoms with Crippen LogP contribution in [0.3, 0.4) is 0 Å². The van der Waals surface area contributed by atoms with Gasteiger partial charge in [-0.2, -0.15) is 0 Å². The Labute approximate surface area is 135 Å². The molecule has 0 saturated heterocycles. The molecule has 2 atom stereocenters. The van der Waals surface area contributed by atoms with Gasteiger partial charge in [0.1, 0.15) is 0 Å². The van der Waals surface area contributed by atoms with Crippen molar-refractivity contribution in [3.63, 3.8) is 0 Å². The number of urea groups is 1. The average Bonchev–Trinajstić information content (AvgIpc) is 2.99. The number of carbonyl (C=O) groups is 1. The number of amides is 2. The van der Waals surface area contributed by atoms with Gasteiger partial charge in [0.2, 0.25) is 0 Å². The molecule has 0 spiro atoms. The topological polar surface area (TPSA) is 61.4 Å². The molecule has 0 aliphatic rings. The van der Waals surface area contributed by atoms with E-state index in [1.165, 1.54) is 4.88 Å². The van der Waals surface area contributed by atoms with Crippen molar-refractivity contribution in [3.8, 4) is 0 Å². The number of nitrogens with one attached hydrogen (secondary N) is 2. The number of hydrogen-bond donors (Lipinski definition) is 3. The van der Waals surface area contributed by atoms with E-state index in [4.69, 9.17) is 0 Å². The van der Waals surface area contributed by atoms with Gasteiger partial charge >= 0.3 is 6.03 Å². The molecule has 0 fully saturated rings. The lowest BCUT2D eigenvalue weighted by Gasteiger charge is -2.16. The lowest BCUT2D eigenvalue weighted by atomic mass is 10.1. The molecule has 2 rings (SSSR count). The average molecular weight is 318 g/mol. The highest BCUT2D eigenvalue weighted by Gasteiger charge is 2.11. The Morgan fingerprint density at radius 1 is 1.18 bits per heavy atom. The SMILES string of the molecule is CC(Cc1cccs1)NC(=O)NCC(O)Cc1ccccc1. The molecule has 1 heterocycles. The summed E-state index contributed by atoms with van der Waals surface area (Å²) < 4.78 is 0. The first-order valence-electron chi connectivity index (χ1n) is 7.42. The van der Waals surface area contributed by atoms with E-state index in [-0.39, 0.29) is 18.6 Å². The third-order valence-electron chi connectivity index (χ3n) is 3.28. The van der Waals surface area contributed by atoms with Crippen LogP contribution in [0.5, 0.6) is 0 Å². The summed E-state index contributed by atoms with van der Waals surface area (Å²) in [4.78, 5) is 13.1. The van der Waals surface area contributed by atoms with Gasteiger partial charge in [0, 0.05) is 30.3 Å². The zero-order valence-electron chi connectivity index (χ0n) is 12.7. The molecule has 0 bridgehead atoms. The maximum absolute atomic E-state index is 11.8. The van der Waals surface area contributed by atoms with Gasteiger partial charge in [0.15, 0.2) is 0 Å². The van der Waals surface area contributed by atoms with Crippen molar-refractivity contribution < 1.29 is 9.90 Å². The summed E-state index contributed by atoms with van der Waals surface area (Å²) in [5.41, 5.74) is 1.06. The number of hydrogen-bond acceptors (Lipinski definition) is 3. The predicted octanol–water partition coefficient (Wildman–Crippen LogP) is 2.58. The van der Waals surface area contributed by atoms with E-state index in [1.54, 1.807) is 11.3 Å².